The number of sulfone groups is 1. The van der Waals surface area contributed by atoms with E-state index in [2.05, 4.69) is 0 Å². The molecule has 3 nitrogen and oxygen atoms in total. The molecule has 0 saturated carbocycles. The third kappa shape index (κ3) is 8.74. The Labute approximate surface area is 105 Å². The Morgan fingerprint density at radius 2 is 1.65 bits per heavy atom. The second-order valence-electron chi connectivity index (χ2n) is 3.64. The van der Waals surface area contributed by atoms with Crippen LogP contribution < -0.4 is 4.74 Å². The normalized spacial score (nSPS) is 10.4. The lowest BCUT2D eigenvalue weighted by atomic mass is 10.2. The average molecular weight is 258 g/mol. The highest BCUT2D eigenvalue weighted by Crippen LogP contribution is 2.11. The van der Waals surface area contributed by atoms with Gasteiger partial charge in [0.25, 0.3) is 0 Å². The Bertz CT molecular complexity index is 393. The van der Waals surface area contributed by atoms with Gasteiger partial charge in [-0.25, -0.2) is 8.42 Å². The van der Waals surface area contributed by atoms with E-state index in [1.165, 1.54) is 11.8 Å². The monoisotopic (exact) mass is 258 g/mol. The fourth-order valence-corrected chi connectivity index (χ4v) is 1.79. The average Bonchev–Trinajstić information content (AvgIpc) is 2.28. The highest BCUT2D eigenvalue weighted by atomic mass is 32.2. The predicted octanol–water partition coefficient (Wildman–Crippen LogP) is 2.83. The molecule has 0 aliphatic carbocycles. The van der Waals surface area contributed by atoms with Crippen molar-refractivity contribution in [3.05, 3.63) is 29.8 Å². The van der Waals surface area contributed by atoms with Crippen LogP contribution in [0.15, 0.2) is 24.3 Å². The van der Waals surface area contributed by atoms with Gasteiger partial charge in [-0.05, 0) is 25.5 Å². The van der Waals surface area contributed by atoms with Crippen molar-refractivity contribution in [2.24, 2.45) is 0 Å². The molecule has 17 heavy (non-hydrogen) atoms. The van der Waals surface area contributed by atoms with E-state index in [4.69, 9.17) is 4.74 Å². The molecule has 4 heteroatoms. The highest BCUT2D eigenvalue weighted by Gasteiger charge is 2.01. The van der Waals surface area contributed by atoms with Crippen LogP contribution in [0.4, 0.5) is 0 Å². The first-order valence-corrected chi connectivity index (χ1v) is 7.90. The minimum atomic E-state index is -2.87. The SMILES string of the molecule is CC.Cc1ccc(OCCCS(C)(=O)=O)cc1. The molecule has 0 heterocycles. The molecule has 0 aliphatic rings. The molecule has 0 radical (unpaired) electrons. The van der Waals surface area contributed by atoms with Gasteiger partial charge in [0.15, 0.2) is 0 Å². The Morgan fingerprint density at radius 3 is 2.12 bits per heavy atom. The Morgan fingerprint density at radius 1 is 1.12 bits per heavy atom. The van der Waals surface area contributed by atoms with Crippen LogP contribution in [-0.4, -0.2) is 27.0 Å². The molecule has 0 aliphatic heterocycles. The summed E-state index contributed by atoms with van der Waals surface area (Å²) in [4.78, 5) is 0. The molecule has 0 aromatic heterocycles. The zero-order valence-electron chi connectivity index (χ0n) is 11.1. The molecular weight excluding hydrogens is 236 g/mol. The Hall–Kier alpha value is -1.03. The van der Waals surface area contributed by atoms with E-state index in [-0.39, 0.29) is 5.75 Å². The number of benzene rings is 1. The number of rotatable bonds is 5. The molecule has 1 aromatic rings. The van der Waals surface area contributed by atoms with Crippen LogP contribution in [0.25, 0.3) is 0 Å². The second kappa shape index (κ2) is 8.12. The molecule has 0 amide bonds. The lowest BCUT2D eigenvalue weighted by Crippen LogP contribution is -2.07. The summed E-state index contributed by atoms with van der Waals surface area (Å²) in [5, 5.41) is 0. The lowest BCUT2D eigenvalue weighted by Gasteiger charge is -2.05. The number of aryl methyl sites for hydroxylation is 1. The molecule has 1 aromatic carbocycles. The van der Waals surface area contributed by atoms with Gasteiger partial charge in [-0.1, -0.05) is 31.5 Å². The fraction of sp³-hybridized carbons (Fsp3) is 0.538. The summed E-state index contributed by atoms with van der Waals surface area (Å²) in [6, 6.07) is 7.70. The van der Waals surface area contributed by atoms with Gasteiger partial charge in [0.05, 0.1) is 12.4 Å². The van der Waals surface area contributed by atoms with Crippen LogP contribution in [0.2, 0.25) is 0 Å². The lowest BCUT2D eigenvalue weighted by molar-refractivity contribution is 0.317. The summed E-state index contributed by atoms with van der Waals surface area (Å²) in [6.45, 7) is 6.45. The molecule has 0 N–H and O–H groups in total. The van der Waals surface area contributed by atoms with E-state index >= 15 is 0 Å². The number of hydrogen-bond donors (Lipinski definition) is 0. The van der Waals surface area contributed by atoms with E-state index in [1.54, 1.807) is 0 Å². The van der Waals surface area contributed by atoms with Crippen molar-refractivity contribution in [3.8, 4) is 5.75 Å². The highest BCUT2D eigenvalue weighted by molar-refractivity contribution is 7.90. The van der Waals surface area contributed by atoms with Gasteiger partial charge in [0.1, 0.15) is 15.6 Å². The second-order valence-corrected chi connectivity index (χ2v) is 5.90. The summed E-state index contributed by atoms with van der Waals surface area (Å²) < 4.78 is 27.1. The summed E-state index contributed by atoms with van der Waals surface area (Å²) in [5.41, 5.74) is 1.18. The van der Waals surface area contributed by atoms with Gasteiger partial charge >= 0.3 is 0 Å². The van der Waals surface area contributed by atoms with E-state index in [9.17, 15) is 8.42 Å². The van der Waals surface area contributed by atoms with Crippen molar-refractivity contribution >= 4 is 9.84 Å². The maximum absolute atomic E-state index is 10.8. The Balaban J connectivity index is 0.00000121. The summed E-state index contributed by atoms with van der Waals surface area (Å²) in [7, 11) is -2.87. The van der Waals surface area contributed by atoms with Gasteiger partial charge in [0, 0.05) is 6.26 Å². The number of ether oxygens (including phenoxy) is 1. The van der Waals surface area contributed by atoms with Crippen LogP contribution in [-0.2, 0) is 9.84 Å². The van der Waals surface area contributed by atoms with Crippen LogP contribution in [0.5, 0.6) is 5.75 Å². The fourth-order valence-electron chi connectivity index (χ4n) is 1.15. The smallest absolute Gasteiger partial charge is 0.147 e. The third-order valence-electron chi connectivity index (χ3n) is 1.95. The van der Waals surface area contributed by atoms with Gasteiger partial charge in [0.2, 0.25) is 0 Å². The molecule has 0 fully saturated rings. The molecule has 1 rings (SSSR count). The molecule has 0 saturated heterocycles. The van der Waals surface area contributed by atoms with Gasteiger partial charge < -0.3 is 4.74 Å². The minimum absolute atomic E-state index is 0.179. The molecule has 0 bridgehead atoms. The topological polar surface area (TPSA) is 43.4 Å². The number of hydrogen-bond acceptors (Lipinski definition) is 3. The zero-order valence-corrected chi connectivity index (χ0v) is 11.9. The first-order valence-electron chi connectivity index (χ1n) is 5.84. The van der Waals surface area contributed by atoms with Crippen LogP contribution in [0, 0.1) is 6.92 Å². The summed E-state index contributed by atoms with van der Waals surface area (Å²) in [5.74, 6) is 0.966. The maximum Gasteiger partial charge on any atom is 0.147 e. The van der Waals surface area contributed by atoms with E-state index < -0.39 is 9.84 Å². The van der Waals surface area contributed by atoms with Crippen molar-refractivity contribution < 1.29 is 13.2 Å². The summed E-state index contributed by atoms with van der Waals surface area (Å²) in [6.07, 6.45) is 1.77. The van der Waals surface area contributed by atoms with Gasteiger partial charge in [-0.15, -0.1) is 0 Å². The van der Waals surface area contributed by atoms with Crippen molar-refractivity contribution in [1.82, 2.24) is 0 Å². The van der Waals surface area contributed by atoms with Crippen molar-refractivity contribution in [1.29, 1.82) is 0 Å². The molecule has 0 atom stereocenters. The Kier molecular flexibility index (Phi) is 7.63. The summed E-state index contributed by atoms with van der Waals surface area (Å²) >= 11 is 0. The van der Waals surface area contributed by atoms with Crippen LogP contribution in [0.3, 0.4) is 0 Å². The zero-order chi connectivity index (χ0) is 13.3. The van der Waals surface area contributed by atoms with Crippen LogP contribution in [0.1, 0.15) is 25.8 Å². The largest absolute Gasteiger partial charge is 0.494 e. The van der Waals surface area contributed by atoms with Crippen molar-refractivity contribution in [3.63, 3.8) is 0 Å². The van der Waals surface area contributed by atoms with E-state index in [1.807, 2.05) is 45.0 Å². The van der Waals surface area contributed by atoms with E-state index in [0.717, 1.165) is 5.75 Å². The molecule has 98 valence electrons. The van der Waals surface area contributed by atoms with Gasteiger partial charge in [-0.3, -0.25) is 0 Å². The molecule has 0 unspecified atom stereocenters. The molecular formula is C13H22O3S. The van der Waals surface area contributed by atoms with Crippen molar-refractivity contribution in [2.75, 3.05) is 18.6 Å². The first kappa shape index (κ1) is 16.0. The minimum Gasteiger partial charge on any atom is -0.494 e. The quantitative estimate of drug-likeness (QED) is 0.763. The predicted molar refractivity (Wildman–Crippen MR) is 72.3 cm³/mol. The van der Waals surface area contributed by atoms with Crippen LogP contribution >= 0.6 is 0 Å². The third-order valence-corrected chi connectivity index (χ3v) is 2.98. The standard InChI is InChI=1S/C11H16O3S.C2H6/c1-10-4-6-11(7-5-10)14-8-3-9-15(2,12)13;1-2/h4-7H,3,8-9H2,1-2H3;1-2H3. The first-order chi connectivity index (χ1) is 7.97. The van der Waals surface area contributed by atoms with Crippen molar-refractivity contribution in [2.45, 2.75) is 27.2 Å². The maximum atomic E-state index is 10.8. The van der Waals surface area contributed by atoms with Gasteiger partial charge in [-0.2, -0.15) is 0 Å². The molecule has 0 spiro atoms. The van der Waals surface area contributed by atoms with E-state index in [0.29, 0.717) is 13.0 Å².